The van der Waals surface area contributed by atoms with Crippen LogP contribution in [0.2, 0.25) is 0 Å². The van der Waals surface area contributed by atoms with E-state index in [-0.39, 0.29) is 0 Å². The van der Waals surface area contributed by atoms with Crippen LogP contribution in [0.15, 0.2) is 99.9 Å². The summed E-state index contributed by atoms with van der Waals surface area (Å²) in [7, 11) is 0. The molecule has 4 aromatic rings. The molecular weight excluding hydrogens is 496 g/mol. The number of rotatable bonds is 7. The number of hydrogen-bond donors (Lipinski definition) is 1. The van der Waals surface area contributed by atoms with Gasteiger partial charge in [-0.15, -0.1) is 0 Å². The summed E-state index contributed by atoms with van der Waals surface area (Å²) in [4.78, 5) is 14.9. The van der Waals surface area contributed by atoms with Gasteiger partial charge in [0.05, 0.1) is 16.3 Å². The van der Waals surface area contributed by atoms with E-state index in [0.29, 0.717) is 5.56 Å². The van der Waals surface area contributed by atoms with Gasteiger partial charge in [0.1, 0.15) is 11.2 Å². The van der Waals surface area contributed by atoms with Gasteiger partial charge in [0.15, 0.2) is 0 Å². The minimum Gasteiger partial charge on any atom is -0.478 e. The van der Waals surface area contributed by atoms with Gasteiger partial charge in [0.2, 0.25) is 5.52 Å². The van der Waals surface area contributed by atoms with Crippen LogP contribution in [0.4, 0.5) is 5.69 Å². The maximum atomic E-state index is 11.3. The lowest BCUT2D eigenvalue weighted by Crippen LogP contribution is -2.33. The monoisotopic (exact) mass is 525 g/mol. The minimum absolute atomic E-state index is 0.292. The Morgan fingerprint density at radius 1 is 0.973 bits per heavy atom. The largest absolute Gasteiger partial charge is 0.478 e. The highest BCUT2D eigenvalue weighted by molar-refractivity contribution is 8.03. The third-order valence-electron chi connectivity index (χ3n) is 6.46. The summed E-state index contributed by atoms with van der Waals surface area (Å²) in [6, 6.07) is 24.1. The molecule has 2 heterocycles. The molecule has 0 saturated heterocycles. The Kier molecular flexibility index (Phi) is 7.31. The first-order valence-corrected chi connectivity index (χ1v) is 14.0. The van der Waals surface area contributed by atoms with Crippen molar-refractivity contribution >= 4 is 57.1 Å². The molecule has 0 spiro atoms. The smallest absolute Gasteiger partial charge is 0.335 e. The van der Waals surface area contributed by atoms with E-state index >= 15 is 0 Å². The quantitative estimate of drug-likeness (QED) is 0.197. The Bertz CT molecular complexity index is 1560. The summed E-state index contributed by atoms with van der Waals surface area (Å²) in [6.07, 6.45) is 6.70. The van der Waals surface area contributed by atoms with Gasteiger partial charge in [-0.05, 0) is 73.9 Å². The van der Waals surface area contributed by atoms with E-state index in [1.165, 1.54) is 30.8 Å². The highest BCUT2D eigenvalue weighted by Crippen LogP contribution is 2.46. The predicted octanol–water partition coefficient (Wildman–Crippen LogP) is 7.87. The fourth-order valence-electron chi connectivity index (χ4n) is 4.56. The fraction of sp³-hybridized carbons (Fsp3) is 0.161. The summed E-state index contributed by atoms with van der Waals surface area (Å²) < 4.78 is 3.63. The van der Waals surface area contributed by atoms with Crippen molar-refractivity contribution in [3.05, 3.63) is 111 Å². The number of benzene rings is 3. The number of aromatic nitrogens is 1. The topological polar surface area (TPSA) is 44.4 Å². The lowest BCUT2D eigenvalue weighted by Gasteiger charge is -2.18. The zero-order valence-corrected chi connectivity index (χ0v) is 22.8. The molecule has 1 N–H and O–H groups in total. The van der Waals surface area contributed by atoms with Crippen molar-refractivity contribution in [3.8, 4) is 0 Å². The highest BCUT2D eigenvalue weighted by atomic mass is 32.2. The number of para-hydroxylation sites is 2. The molecule has 0 saturated carbocycles. The van der Waals surface area contributed by atoms with E-state index in [1.807, 2.05) is 12.1 Å². The molecule has 0 bridgehead atoms. The third-order valence-corrected chi connectivity index (χ3v) is 8.68. The molecular formula is C31H29N2O2S2+. The molecule has 0 radical (unpaired) electrons. The summed E-state index contributed by atoms with van der Waals surface area (Å²) in [6.45, 7) is 8.27. The van der Waals surface area contributed by atoms with Crippen molar-refractivity contribution < 1.29 is 14.5 Å². The van der Waals surface area contributed by atoms with Gasteiger partial charge < -0.3 is 10.0 Å². The molecule has 37 heavy (non-hydrogen) atoms. The molecule has 4 nitrogen and oxygen atoms in total. The molecule has 1 aliphatic heterocycles. The first-order chi connectivity index (χ1) is 18.0. The van der Waals surface area contributed by atoms with Crippen molar-refractivity contribution in [1.29, 1.82) is 0 Å². The van der Waals surface area contributed by atoms with Crippen LogP contribution in [-0.2, 0) is 6.54 Å². The first-order valence-electron chi connectivity index (χ1n) is 12.4. The summed E-state index contributed by atoms with van der Waals surface area (Å²) in [5.74, 6) is -0.913. The minimum atomic E-state index is -0.913. The van der Waals surface area contributed by atoms with E-state index < -0.39 is 5.97 Å². The van der Waals surface area contributed by atoms with Crippen LogP contribution in [0.25, 0.3) is 22.4 Å². The molecule has 0 unspecified atom stereocenters. The van der Waals surface area contributed by atoms with Crippen LogP contribution in [0.5, 0.6) is 0 Å². The standard InChI is InChI=1S/C31H28N2O2S2/c1-4-32-25-10-6-8-12-27(25)36-29(32)19-24(21(3)18-22-14-16-23(17-15-22)31(34)35)20-30-33(5-2)26-11-7-9-13-28(26)37-30/h6-20H,4-5H2,1-3H3/p+1/b21-18+. The Morgan fingerprint density at radius 3 is 2.43 bits per heavy atom. The van der Waals surface area contributed by atoms with Gasteiger partial charge in [0.25, 0.3) is 5.01 Å². The average molecular weight is 526 g/mol. The van der Waals surface area contributed by atoms with Crippen molar-refractivity contribution in [2.75, 3.05) is 11.4 Å². The van der Waals surface area contributed by atoms with Crippen LogP contribution in [-0.4, -0.2) is 17.6 Å². The number of aryl methyl sites for hydroxylation is 1. The first kappa shape index (κ1) is 25.1. The highest BCUT2D eigenvalue weighted by Gasteiger charge is 2.24. The number of anilines is 1. The molecule has 3 aromatic carbocycles. The lowest BCUT2D eigenvalue weighted by molar-refractivity contribution is -0.665. The van der Waals surface area contributed by atoms with Gasteiger partial charge in [-0.25, -0.2) is 4.79 Å². The van der Waals surface area contributed by atoms with Gasteiger partial charge >= 0.3 is 5.97 Å². The molecule has 1 aromatic heterocycles. The maximum Gasteiger partial charge on any atom is 0.335 e. The SMILES string of the molecule is CCN1C(=CC(=Cc2sc3ccccc3[n+]2CC)/C(C)=C/c2ccc(C(=O)O)cc2)Sc2ccccc21. The second-order valence-electron chi connectivity index (χ2n) is 8.80. The second kappa shape index (κ2) is 10.8. The second-order valence-corrected chi connectivity index (χ2v) is 10.9. The van der Waals surface area contributed by atoms with E-state index in [2.05, 4.69) is 97.0 Å². The number of aromatic carboxylic acids is 1. The lowest BCUT2D eigenvalue weighted by atomic mass is 10.0. The van der Waals surface area contributed by atoms with Crippen molar-refractivity contribution in [1.82, 2.24) is 0 Å². The summed E-state index contributed by atoms with van der Waals surface area (Å²) in [5.41, 5.74) is 6.00. The number of fused-ring (bicyclic) bond motifs is 2. The number of thioether (sulfide) groups is 1. The Balaban J connectivity index is 1.62. The van der Waals surface area contributed by atoms with Gasteiger partial charge in [-0.1, -0.05) is 65.6 Å². The Labute approximate surface area is 225 Å². The Hall–Kier alpha value is -3.61. The number of carboxylic acid groups (broad SMARTS) is 1. The summed E-state index contributed by atoms with van der Waals surface area (Å²) >= 11 is 3.60. The Morgan fingerprint density at radius 2 is 1.70 bits per heavy atom. The molecule has 0 atom stereocenters. The van der Waals surface area contributed by atoms with Crippen LogP contribution in [0.3, 0.4) is 0 Å². The third kappa shape index (κ3) is 5.13. The predicted molar refractivity (Wildman–Crippen MR) is 156 cm³/mol. The van der Waals surface area contributed by atoms with Crippen LogP contribution in [0, 0.1) is 0 Å². The molecule has 5 rings (SSSR count). The number of thiazole rings is 1. The van der Waals surface area contributed by atoms with Gasteiger partial charge in [0, 0.05) is 23.6 Å². The fourth-order valence-corrected chi connectivity index (χ4v) is 6.92. The number of carbonyl (C=O) groups is 1. The van der Waals surface area contributed by atoms with Gasteiger partial charge in [-0.3, -0.25) is 0 Å². The van der Waals surface area contributed by atoms with E-state index in [1.54, 1.807) is 35.2 Å². The van der Waals surface area contributed by atoms with E-state index in [0.717, 1.165) is 29.8 Å². The average Bonchev–Trinajstić information content (AvgIpc) is 3.45. The molecule has 0 amide bonds. The van der Waals surface area contributed by atoms with Crippen molar-refractivity contribution in [2.24, 2.45) is 0 Å². The zero-order valence-electron chi connectivity index (χ0n) is 21.1. The zero-order chi connectivity index (χ0) is 25.9. The van der Waals surface area contributed by atoms with Crippen LogP contribution < -0.4 is 9.47 Å². The summed E-state index contributed by atoms with van der Waals surface area (Å²) in [5, 5.41) is 11.7. The van der Waals surface area contributed by atoms with E-state index in [9.17, 15) is 9.90 Å². The van der Waals surface area contributed by atoms with E-state index in [4.69, 9.17) is 0 Å². The molecule has 186 valence electrons. The van der Waals surface area contributed by atoms with Crippen LogP contribution >= 0.6 is 23.1 Å². The number of allylic oxidation sites excluding steroid dienone is 3. The molecule has 0 aliphatic carbocycles. The molecule has 6 heteroatoms. The van der Waals surface area contributed by atoms with Crippen LogP contribution in [0.1, 0.15) is 41.7 Å². The van der Waals surface area contributed by atoms with Crippen molar-refractivity contribution in [3.63, 3.8) is 0 Å². The number of nitrogens with zero attached hydrogens (tertiary/aromatic N) is 2. The van der Waals surface area contributed by atoms with Gasteiger partial charge in [-0.2, -0.15) is 4.57 Å². The van der Waals surface area contributed by atoms with Crippen molar-refractivity contribution in [2.45, 2.75) is 32.2 Å². The number of hydrogen-bond acceptors (Lipinski definition) is 4. The molecule has 0 fully saturated rings. The maximum absolute atomic E-state index is 11.3. The normalized spacial score (nSPS) is 15.0. The molecule has 1 aliphatic rings. The number of carboxylic acids is 1.